The molecule has 2 atom stereocenters. The first kappa shape index (κ1) is 19.3. The Bertz CT molecular complexity index is 946. The van der Waals surface area contributed by atoms with E-state index in [2.05, 4.69) is 15.6 Å². The molecule has 1 aromatic carbocycles. The number of nitrogens with one attached hydrogen (secondary N) is 2. The molecular weight excluding hydrogens is 378 g/mol. The number of aromatic nitrogens is 1. The third-order valence-corrected chi connectivity index (χ3v) is 5.29. The van der Waals surface area contributed by atoms with Crippen molar-refractivity contribution in [2.45, 2.75) is 30.8 Å². The third-order valence-electron chi connectivity index (χ3n) is 5.29. The average molecular weight is 400 g/mol. The van der Waals surface area contributed by atoms with Gasteiger partial charge in [-0.2, -0.15) is 0 Å². The van der Waals surface area contributed by atoms with E-state index in [9.17, 15) is 13.6 Å². The molecular formula is C21H22F2N4O2. The fourth-order valence-electron chi connectivity index (χ4n) is 3.72. The first-order valence-electron chi connectivity index (χ1n) is 9.59. The summed E-state index contributed by atoms with van der Waals surface area (Å²) in [5, 5.41) is 6.29. The summed E-state index contributed by atoms with van der Waals surface area (Å²) < 4.78 is 33.8. The minimum Gasteiger partial charge on any atom is -0.423 e. The molecule has 0 spiro atoms. The van der Waals surface area contributed by atoms with Gasteiger partial charge in [0.25, 0.3) is 5.91 Å². The predicted octanol–water partition coefficient (Wildman–Crippen LogP) is 3.83. The van der Waals surface area contributed by atoms with Gasteiger partial charge in [0.05, 0.1) is 0 Å². The Kier molecular flexibility index (Phi) is 5.44. The molecule has 4 N–H and O–H groups in total. The third kappa shape index (κ3) is 4.07. The van der Waals surface area contributed by atoms with Crippen molar-refractivity contribution in [2.75, 3.05) is 18.4 Å². The summed E-state index contributed by atoms with van der Waals surface area (Å²) in [6, 6.07) is 7.77. The molecule has 2 unspecified atom stereocenters. The maximum absolute atomic E-state index is 14.2. The Labute approximate surface area is 166 Å². The summed E-state index contributed by atoms with van der Waals surface area (Å²) in [5.74, 6) is -2.67. The molecule has 2 aliphatic rings. The van der Waals surface area contributed by atoms with Crippen LogP contribution in [0.3, 0.4) is 0 Å². The molecule has 0 saturated carbocycles. The number of carbonyl (C=O) groups is 1. The van der Waals surface area contributed by atoms with Gasteiger partial charge in [0, 0.05) is 5.69 Å². The van der Waals surface area contributed by atoms with Crippen LogP contribution in [0.5, 0.6) is 0 Å². The Balaban J connectivity index is 1.56. The number of oxazole rings is 1. The van der Waals surface area contributed by atoms with Gasteiger partial charge < -0.3 is 20.8 Å². The van der Waals surface area contributed by atoms with Crippen LogP contribution in [0.15, 0.2) is 52.7 Å². The monoisotopic (exact) mass is 400 g/mol. The quantitative estimate of drug-likeness (QED) is 0.709. The van der Waals surface area contributed by atoms with E-state index in [1.54, 1.807) is 0 Å². The molecule has 1 aromatic heterocycles. The molecule has 1 amide bonds. The summed E-state index contributed by atoms with van der Waals surface area (Å²) >= 11 is 0. The summed E-state index contributed by atoms with van der Waals surface area (Å²) in [4.78, 5) is 15.7. The Morgan fingerprint density at radius 2 is 1.97 bits per heavy atom. The molecule has 1 saturated heterocycles. The highest BCUT2D eigenvalue weighted by atomic mass is 19.1. The van der Waals surface area contributed by atoms with E-state index in [4.69, 9.17) is 10.2 Å². The molecule has 6 nitrogen and oxygen atoms in total. The minimum absolute atomic E-state index is 0.0309. The standard InChI is InChI=1S/C21H22F2N4O2/c22-15-2-1-3-16(23)17(15)20-27-18(19(24)28)21(29-20)26-14-6-4-12(5-7-14)13-8-10-25-11-9-13/h1-7,13,15,17,25-26H,8-11H2,(H2,24,28). The Hall–Kier alpha value is -3.00. The van der Waals surface area contributed by atoms with Crippen molar-refractivity contribution in [1.82, 2.24) is 10.3 Å². The molecule has 1 aliphatic heterocycles. The molecule has 2 aromatic rings. The summed E-state index contributed by atoms with van der Waals surface area (Å²) in [6.07, 6.45) is 4.16. The van der Waals surface area contributed by atoms with Crippen LogP contribution in [0.4, 0.5) is 20.4 Å². The molecule has 29 heavy (non-hydrogen) atoms. The van der Waals surface area contributed by atoms with E-state index in [0.717, 1.165) is 32.0 Å². The lowest BCUT2D eigenvalue weighted by molar-refractivity contribution is 0.0996. The molecule has 1 fully saturated rings. The average Bonchev–Trinajstić information content (AvgIpc) is 3.13. The van der Waals surface area contributed by atoms with Crippen LogP contribution in [0, 0.1) is 0 Å². The number of hydrogen-bond acceptors (Lipinski definition) is 5. The zero-order valence-corrected chi connectivity index (χ0v) is 15.7. The van der Waals surface area contributed by atoms with Gasteiger partial charge in [-0.1, -0.05) is 18.2 Å². The molecule has 4 rings (SSSR count). The molecule has 2 heterocycles. The Morgan fingerprint density at radius 1 is 1.24 bits per heavy atom. The normalized spacial score (nSPS) is 22.3. The van der Waals surface area contributed by atoms with E-state index in [0.29, 0.717) is 11.6 Å². The van der Waals surface area contributed by atoms with Gasteiger partial charge in [-0.3, -0.25) is 4.79 Å². The lowest BCUT2D eigenvalue weighted by atomic mass is 9.90. The van der Waals surface area contributed by atoms with E-state index in [1.807, 2.05) is 24.3 Å². The summed E-state index contributed by atoms with van der Waals surface area (Å²) in [7, 11) is 0. The zero-order valence-electron chi connectivity index (χ0n) is 15.7. The van der Waals surface area contributed by atoms with Gasteiger partial charge in [0.2, 0.25) is 11.8 Å². The number of nitrogens with two attached hydrogens (primary N) is 1. The van der Waals surface area contributed by atoms with E-state index >= 15 is 0 Å². The SMILES string of the molecule is NC(=O)c1nc(C2C(F)=CC=CC2F)oc1Nc1ccc(C2CCNCC2)cc1. The van der Waals surface area contributed by atoms with Crippen molar-refractivity contribution in [3.05, 3.63) is 65.5 Å². The van der Waals surface area contributed by atoms with Gasteiger partial charge in [0.15, 0.2) is 5.69 Å². The molecule has 1 aliphatic carbocycles. The van der Waals surface area contributed by atoms with Gasteiger partial charge in [-0.25, -0.2) is 13.8 Å². The summed E-state index contributed by atoms with van der Waals surface area (Å²) in [6.45, 7) is 2.01. The molecule has 0 radical (unpaired) electrons. The number of amides is 1. The second-order valence-corrected chi connectivity index (χ2v) is 7.22. The fourth-order valence-corrected chi connectivity index (χ4v) is 3.72. The molecule has 8 heteroatoms. The van der Waals surface area contributed by atoms with Crippen molar-refractivity contribution < 1.29 is 18.0 Å². The highest BCUT2D eigenvalue weighted by Crippen LogP contribution is 2.36. The second-order valence-electron chi connectivity index (χ2n) is 7.22. The van der Waals surface area contributed by atoms with Crippen LogP contribution in [0.1, 0.15) is 46.6 Å². The smallest absolute Gasteiger partial charge is 0.273 e. The lowest BCUT2D eigenvalue weighted by Crippen LogP contribution is -2.26. The number of hydrogen-bond donors (Lipinski definition) is 3. The highest BCUT2D eigenvalue weighted by Gasteiger charge is 2.34. The maximum Gasteiger partial charge on any atom is 0.273 e. The molecule has 0 bridgehead atoms. The van der Waals surface area contributed by atoms with E-state index in [-0.39, 0.29) is 17.5 Å². The number of primary amides is 1. The largest absolute Gasteiger partial charge is 0.423 e. The van der Waals surface area contributed by atoms with Crippen LogP contribution in [-0.4, -0.2) is 30.2 Å². The highest BCUT2D eigenvalue weighted by molar-refractivity contribution is 5.96. The summed E-state index contributed by atoms with van der Waals surface area (Å²) in [5.41, 5.74) is 7.08. The van der Waals surface area contributed by atoms with Crippen LogP contribution in [0.25, 0.3) is 0 Å². The minimum atomic E-state index is -1.64. The number of nitrogens with zero attached hydrogens (tertiary/aromatic N) is 1. The van der Waals surface area contributed by atoms with Crippen LogP contribution in [-0.2, 0) is 0 Å². The van der Waals surface area contributed by atoms with Gasteiger partial charge in [-0.15, -0.1) is 0 Å². The van der Waals surface area contributed by atoms with Gasteiger partial charge in [-0.05, 0) is 61.7 Å². The molecule has 152 valence electrons. The Morgan fingerprint density at radius 3 is 2.62 bits per heavy atom. The predicted molar refractivity (Wildman–Crippen MR) is 106 cm³/mol. The topological polar surface area (TPSA) is 93.2 Å². The number of anilines is 2. The van der Waals surface area contributed by atoms with Crippen molar-refractivity contribution in [3.8, 4) is 0 Å². The number of carbonyl (C=O) groups excluding carboxylic acids is 1. The number of halogens is 2. The van der Waals surface area contributed by atoms with Crippen molar-refractivity contribution >= 4 is 17.5 Å². The number of benzene rings is 1. The van der Waals surface area contributed by atoms with Gasteiger partial charge >= 0.3 is 0 Å². The van der Waals surface area contributed by atoms with Crippen molar-refractivity contribution in [1.29, 1.82) is 0 Å². The number of piperidine rings is 1. The van der Waals surface area contributed by atoms with Crippen molar-refractivity contribution in [3.63, 3.8) is 0 Å². The van der Waals surface area contributed by atoms with Crippen molar-refractivity contribution in [2.24, 2.45) is 5.73 Å². The maximum atomic E-state index is 14.2. The second kappa shape index (κ2) is 8.16. The number of alkyl halides is 1. The zero-order chi connectivity index (χ0) is 20.4. The van der Waals surface area contributed by atoms with Crippen LogP contribution >= 0.6 is 0 Å². The lowest BCUT2D eigenvalue weighted by Gasteiger charge is -2.23. The first-order valence-corrected chi connectivity index (χ1v) is 9.59. The van der Waals surface area contributed by atoms with E-state index in [1.165, 1.54) is 17.7 Å². The fraction of sp³-hybridized carbons (Fsp3) is 0.333. The number of rotatable bonds is 5. The van der Waals surface area contributed by atoms with Crippen LogP contribution < -0.4 is 16.4 Å². The van der Waals surface area contributed by atoms with E-state index < -0.39 is 23.8 Å². The first-order chi connectivity index (χ1) is 14.0. The number of allylic oxidation sites excluding steroid dienone is 4. The van der Waals surface area contributed by atoms with Crippen LogP contribution in [0.2, 0.25) is 0 Å². The van der Waals surface area contributed by atoms with Gasteiger partial charge in [0.1, 0.15) is 17.9 Å².